The normalized spacial score (nSPS) is 11.5. The molecule has 0 radical (unpaired) electrons. The highest BCUT2D eigenvalue weighted by Crippen LogP contribution is 2.31. The molecule has 0 atom stereocenters. The largest absolute Gasteiger partial charge is 0.573 e. The van der Waals surface area contributed by atoms with Crippen LogP contribution in [0.4, 0.5) is 13.2 Å². The molecule has 1 aromatic carbocycles. The smallest absolute Gasteiger partial charge is 0.405 e. The standard InChI is InChI=1S/C14H13F3N2O2/c1-3-10-8(2)13(20)19-12(18-10)9-6-4-5-7-11(9)21-14(15,16)17/h4-7H,3H2,1-2H3,(H,18,19,20). The zero-order chi connectivity index (χ0) is 15.6. The Labute approximate surface area is 118 Å². The second kappa shape index (κ2) is 5.59. The number of nitrogens with one attached hydrogen (secondary N) is 1. The van der Waals surface area contributed by atoms with Crippen LogP contribution in [0, 0.1) is 6.92 Å². The zero-order valence-corrected chi connectivity index (χ0v) is 11.4. The van der Waals surface area contributed by atoms with Gasteiger partial charge in [-0.2, -0.15) is 0 Å². The van der Waals surface area contributed by atoms with E-state index in [1.54, 1.807) is 13.0 Å². The number of ether oxygens (including phenoxy) is 1. The molecule has 0 aliphatic carbocycles. The predicted molar refractivity (Wildman–Crippen MR) is 71.1 cm³/mol. The van der Waals surface area contributed by atoms with Gasteiger partial charge in [-0.1, -0.05) is 19.1 Å². The second-order valence-corrected chi connectivity index (χ2v) is 4.38. The van der Waals surface area contributed by atoms with Gasteiger partial charge in [0, 0.05) is 5.56 Å². The summed E-state index contributed by atoms with van der Waals surface area (Å²) >= 11 is 0. The number of aromatic amines is 1. The maximum Gasteiger partial charge on any atom is 0.573 e. The first-order valence-electron chi connectivity index (χ1n) is 6.26. The van der Waals surface area contributed by atoms with Gasteiger partial charge in [-0.15, -0.1) is 13.2 Å². The number of hydrogen-bond acceptors (Lipinski definition) is 3. The summed E-state index contributed by atoms with van der Waals surface area (Å²) in [7, 11) is 0. The van der Waals surface area contributed by atoms with Crippen molar-refractivity contribution in [2.75, 3.05) is 0 Å². The van der Waals surface area contributed by atoms with Crippen molar-refractivity contribution >= 4 is 0 Å². The van der Waals surface area contributed by atoms with Gasteiger partial charge in [0.25, 0.3) is 5.56 Å². The summed E-state index contributed by atoms with van der Waals surface area (Å²) in [4.78, 5) is 18.5. The fourth-order valence-corrected chi connectivity index (χ4v) is 1.93. The lowest BCUT2D eigenvalue weighted by Gasteiger charge is -2.13. The highest BCUT2D eigenvalue weighted by atomic mass is 19.4. The van der Waals surface area contributed by atoms with Crippen LogP contribution in [0.3, 0.4) is 0 Å². The Morgan fingerprint density at radius 3 is 2.57 bits per heavy atom. The third-order valence-corrected chi connectivity index (χ3v) is 2.95. The van der Waals surface area contributed by atoms with E-state index in [-0.39, 0.29) is 16.9 Å². The monoisotopic (exact) mass is 298 g/mol. The van der Waals surface area contributed by atoms with E-state index >= 15 is 0 Å². The lowest BCUT2D eigenvalue weighted by atomic mass is 10.1. The minimum absolute atomic E-state index is 0.0577. The third kappa shape index (κ3) is 3.42. The van der Waals surface area contributed by atoms with Crippen molar-refractivity contribution in [2.24, 2.45) is 0 Å². The van der Waals surface area contributed by atoms with Crippen molar-refractivity contribution in [3.8, 4) is 17.1 Å². The van der Waals surface area contributed by atoms with Gasteiger partial charge in [-0.3, -0.25) is 4.79 Å². The van der Waals surface area contributed by atoms with Gasteiger partial charge >= 0.3 is 6.36 Å². The topological polar surface area (TPSA) is 55.0 Å². The molecule has 7 heteroatoms. The first-order valence-corrected chi connectivity index (χ1v) is 6.26. The second-order valence-electron chi connectivity index (χ2n) is 4.38. The van der Waals surface area contributed by atoms with E-state index in [0.29, 0.717) is 17.7 Å². The van der Waals surface area contributed by atoms with Crippen molar-refractivity contribution in [3.05, 3.63) is 45.9 Å². The van der Waals surface area contributed by atoms with E-state index in [4.69, 9.17) is 0 Å². The van der Waals surface area contributed by atoms with E-state index in [2.05, 4.69) is 14.7 Å². The molecule has 4 nitrogen and oxygen atoms in total. The van der Waals surface area contributed by atoms with Crippen LogP contribution in [0.15, 0.2) is 29.1 Å². The number of H-pyrrole nitrogens is 1. The molecule has 0 fully saturated rings. The van der Waals surface area contributed by atoms with E-state index in [1.165, 1.54) is 18.2 Å². The number of alkyl halides is 3. The van der Waals surface area contributed by atoms with E-state index in [9.17, 15) is 18.0 Å². The molecule has 1 heterocycles. The average Bonchev–Trinajstić information content (AvgIpc) is 2.40. The van der Waals surface area contributed by atoms with E-state index in [1.807, 2.05) is 6.92 Å². The number of halogens is 3. The van der Waals surface area contributed by atoms with Crippen LogP contribution in [0.5, 0.6) is 5.75 Å². The Kier molecular flexibility index (Phi) is 4.02. The van der Waals surface area contributed by atoms with Gasteiger partial charge in [0.2, 0.25) is 0 Å². The maximum atomic E-state index is 12.4. The molecule has 0 saturated carbocycles. The summed E-state index contributed by atoms with van der Waals surface area (Å²) < 4.78 is 41.2. The van der Waals surface area contributed by atoms with Gasteiger partial charge in [0.1, 0.15) is 11.6 Å². The van der Waals surface area contributed by atoms with E-state index in [0.717, 1.165) is 0 Å². The number of nitrogens with zero attached hydrogens (tertiary/aromatic N) is 1. The number of hydrogen-bond donors (Lipinski definition) is 1. The number of rotatable bonds is 3. The summed E-state index contributed by atoms with van der Waals surface area (Å²) in [5, 5.41) is 0. The van der Waals surface area contributed by atoms with Crippen LogP contribution in [0.25, 0.3) is 11.4 Å². The quantitative estimate of drug-likeness (QED) is 0.946. The minimum Gasteiger partial charge on any atom is -0.405 e. The van der Waals surface area contributed by atoms with Gasteiger partial charge in [0.15, 0.2) is 0 Å². The SMILES string of the molecule is CCc1nc(-c2ccccc2OC(F)(F)F)[nH]c(=O)c1C. The molecule has 0 bridgehead atoms. The molecule has 21 heavy (non-hydrogen) atoms. The summed E-state index contributed by atoms with van der Waals surface area (Å²) in [6, 6.07) is 5.55. The van der Waals surface area contributed by atoms with Crippen molar-refractivity contribution in [2.45, 2.75) is 26.6 Å². The molecular weight excluding hydrogens is 285 g/mol. The van der Waals surface area contributed by atoms with Crippen LogP contribution < -0.4 is 10.3 Å². The fraction of sp³-hybridized carbons (Fsp3) is 0.286. The molecule has 1 aromatic heterocycles. The Bertz CT molecular complexity index is 708. The van der Waals surface area contributed by atoms with Crippen LogP contribution in [-0.4, -0.2) is 16.3 Å². The van der Waals surface area contributed by atoms with Crippen molar-refractivity contribution in [1.29, 1.82) is 0 Å². The Hall–Kier alpha value is -2.31. The molecular formula is C14H13F3N2O2. The molecule has 0 aliphatic heterocycles. The van der Waals surface area contributed by atoms with Gasteiger partial charge < -0.3 is 9.72 Å². The van der Waals surface area contributed by atoms with Crippen LogP contribution in [0.1, 0.15) is 18.2 Å². The van der Waals surface area contributed by atoms with E-state index < -0.39 is 12.1 Å². The van der Waals surface area contributed by atoms with Crippen molar-refractivity contribution in [1.82, 2.24) is 9.97 Å². The summed E-state index contributed by atoms with van der Waals surface area (Å²) in [6.07, 6.45) is -4.31. The molecule has 1 N–H and O–H groups in total. The first kappa shape index (κ1) is 15.1. The Morgan fingerprint density at radius 1 is 1.29 bits per heavy atom. The van der Waals surface area contributed by atoms with Gasteiger partial charge in [0.05, 0.1) is 11.3 Å². The van der Waals surface area contributed by atoms with Crippen molar-refractivity contribution in [3.63, 3.8) is 0 Å². The Balaban J connectivity index is 2.57. The highest BCUT2D eigenvalue weighted by molar-refractivity contribution is 5.64. The zero-order valence-electron chi connectivity index (χ0n) is 11.4. The lowest BCUT2D eigenvalue weighted by molar-refractivity contribution is -0.274. The van der Waals surface area contributed by atoms with Crippen LogP contribution >= 0.6 is 0 Å². The van der Waals surface area contributed by atoms with Crippen molar-refractivity contribution < 1.29 is 17.9 Å². The molecule has 0 amide bonds. The summed E-state index contributed by atoms with van der Waals surface area (Å²) in [5.74, 6) is -0.346. The average molecular weight is 298 g/mol. The highest BCUT2D eigenvalue weighted by Gasteiger charge is 2.32. The van der Waals surface area contributed by atoms with Crippen LogP contribution in [0.2, 0.25) is 0 Å². The predicted octanol–water partition coefficient (Wildman–Crippen LogP) is 3.21. The number of para-hydroxylation sites is 1. The number of aromatic nitrogens is 2. The maximum absolute atomic E-state index is 12.4. The fourth-order valence-electron chi connectivity index (χ4n) is 1.93. The molecule has 2 rings (SSSR count). The summed E-state index contributed by atoms with van der Waals surface area (Å²) in [6.45, 7) is 3.43. The number of benzene rings is 1. The minimum atomic E-state index is -4.81. The molecule has 0 saturated heterocycles. The number of aryl methyl sites for hydroxylation is 1. The molecule has 0 spiro atoms. The molecule has 0 aliphatic rings. The van der Waals surface area contributed by atoms with Gasteiger partial charge in [-0.05, 0) is 25.5 Å². The molecule has 0 unspecified atom stereocenters. The lowest BCUT2D eigenvalue weighted by Crippen LogP contribution is -2.19. The van der Waals surface area contributed by atoms with Crippen LogP contribution in [-0.2, 0) is 6.42 Å². The summed E-state index contributed by atoms with van der Waals surface area (Å²) in [5.41, 5.74) is 0.700. The molecule has 112 valence electrons. The molecule has 2 aromatic rings. The first-order chi connectivity index (χ1) is 9.81. The Morgan fingerprint density at radius 2 is 1.95 bits per heavy atom. The third-order valence-electron chi connectivity index (χ3n) is 2.95. The van der Waals surface area contributed by atoms with Gasteiger partial charge in [-0.25, -0.2) is 4.98 Å².